The van der Waals surface area contributed by atoms with Gasteiger partial charge in [0, 0.05) is 11.6 Å². The van der Waals surface area contributed by atoms with Crippen LogP contribution in [0.25, 0.3) is 0 Å². The number of carbonyl (C=O) groups is 1. The van der Waals surface area contributed by atoms with Crippen molar-refractivity contribution in [3.63, 3.8) is 0 Å². The van der Waals surface area contributed by atoms with Crippen molar-refractivity contribution in [1.82, 2.24) is 10.0 Å². The van der Waals surface area contributed by atoms with Gasteiger partial charge in [-0.3, -0.25) is 4.79 Å². The van der Waals surface area contributed by atoms with Crippen LogP contribution in [0.5, 0.6) is 17.2 Å². The number of rotatable bonds is 10. The molecule has 158 valence electrons. The zero-order valence-electron chi connectivity index (χ0n) is 16.9. The molecule has 0 saturated heterocycles. The molecular formula is C20H26N2O6S. The Labute approximate surface area is 171 Å². The Morgan fingerprint density at radius 2 is 1.66 bits per heavy atom. The molecule has 0 heterocycles. The van der Waals surface area contributed by atoms with Crippen LogP contribution in [-0.4, -0.2) is 47.7 Å². The van der Waals surface area contributed by atoms with Gasteiger partial charge in [-0.1, -0.05) is 12.1 Å². The third-order valence-corrected chi connectivity index (χ3v) is 5.50. The third kappa shape index (κ3) is 6.10. The Morgan fingerprint density at radius 1 is 1.00 bits per heavy atom. The lowest BCUT2D eigenvalue weighted by Crippen LogP contribution is -2.31. The normalized spacial score (nSPS) is 11.2. The highest BCUT2D eigenvalue weighted by molar-refractivity contribution is 7.89. The van der Waals surface area contributed by atoms with Gasteiger partial charge in [0.25, 0.3) is 5.91 Å². The number of methoxy groups -OCH3 is 2. The van der Waals surface area contributed by atoms with E-state index in [1.807, 2.05) is 12.1 Å². The molecule has 9 heteroatoms. The summed E-state index contributed by atoms with van der Waals surface area (Å²) >= 11 is 0. The Balaban J connectivity index is 2.04. The molecule has 2 aromatic carbocycles. The molecule has 0 aromatic heterocycles. The quantitative estimate of drug-likeness (QED) is 0.569. The largest absolute Gasteiger partial charge is 0.495 e. The monoisotopic (exact) mass is 422 g/mol. The number of para-hydroxylation sites is 2. The SMILES string of the molecule is COc1ccccc1OCCNC(=O)c1ccc(OC)c(S(=O)(=O)NC(C)C)c1. The van der Waals surface area contributed by atoms with Crippen molar-refractivity contribution in [2.45, 2.75) is 24.8 Å². The second-order valence-corrected chi connectivity index (χ2v) is 8.08. The van der Waals surface area contributed by atoms with Gasteiger partial charge in [-0.15, -0.1) is 0 Å². The van der Waals surface area contributed by atoms with Gasteiger partial charge < -0.3 is 19.5 Å². The predicted octanol–water partition coefficient (Wildman–Crippen LogP) is 2.20. The summed E-state index contributed by atoms with van der Waals surface area (Å²) in [5, 5.41) is 2.70. The van der Waals surface area contributed by atoms with Gasteiger partial charge in [-0.2, -0.15) is 0 Å². The maximum Gasteiger partial charge on any atom is 0.251 e. The number of carbonyl (C=O) groups excluding carboxylic acids is 1. The minimum atomic E-state index is -3.82. The summed E-state index contributed by atoms with van der Waals surface area (Å²) in [6, 6.07) is 11.1. The fraction of sp³-hybridized carbons (Fsp3) is 0.350. The van der Waals surface area contributed by atoms with Gasteiger partial charge in [0.05, 0.1) is 20.8 Å². The molecule has 2 rings (SSSR count). The van der Waals surface area contributed by atoms with E-state index in [9.17, 15) is 13.2 Å². The van der Waals surface area contributed by atoms with Gasteiger partial charge in [0.15, 0.2) is 11.5 Å². The van der Waals surface area contributed by atoms with Crippen molar-refractivity contribution in [3.05, 3.63) is 48.0 Å². The van der Waals surface area contributed by atoms with Crippen molar-refractivity contribution in [1.29, 1.82) is 0 Å². The minimum Gasteiger partial charge on any atom is -0.495 e. The predicted molar refractivity (Wildman–Crippen MR) is 109 cm³/mol. The highest BCUT2D eigenvalue weighted by Gasteiger charge is 2.22. The van der Waals surface area contributed by atoms with Crippen LogP contribution in [-0.2, 0) is 10.0 Å². The first-order chi connectivity index (χ1) is 13.8. The van der Waals surface area contributed by atoms with E-state index in [1.165, 1.54) is 25.3 Å². The molecule has 0 fully saturated rings. The molecule has 0 radical (unpaired) electrons. The Bertz CT molecular complexity index is 944. The molecule has 29 heavy (non-hydrogen) atoms. The number of hydrogen-bond acceptors (Lipinski definition) is 6. The van der Waals surface area contributed by atoms with E-state index in [1.54, 1.807) is 33.1 Å². The standard InChI is InChI=1S/C20H26N2O6S/c1-14(2)22-29(24,25)19-13-15(9-10-18(19)27-4)20(23)21-11-12-28-17-8-6-5-7-16(17)26-3/h5-10,13-14,22H,11-12H2,1-4H3,(H,21,23). The summed E-state index contributed by atoms with van der Waals surface area (Å²) < 4.78 is 43.5. The van der Waals surface area contributed by atoms with Crippen molar-refractivity contribution < 1.29 is 27.4 Å². The lowest BCUT2D eigenvalue weighted by atomic mass is 10.2. The first-order valence-corrected chi connectivity index (χ1v) is 10.5. The number of sulfonamides is 1. The Morgan fingerprint density at radius 3 is 2.28 bits per heavy atom. The Hall–Kier alpha value is -2.78. The van der Waals surface area contributed by atoms with E-state index in [-0.39, 0.29) is 35.4 Å². The average molecular weight is 423 g/mol. The summed E-state index contributed by atoms with van der Waals surface area (Å²) in [4.78, 5) is 12.3. The molecule has 2 aromatic rings. The number of ether oxygens (including phenoxy) is 3. The summed E-state index contributed by atoms with van der Waals surface area (Å²) in [5.41, 5.74) is 0.201. The van der Waals surface area contributed by atoms with E-state index in [0.717, 1.165) is 0 Å². The summed E-state index contributed by atoms with van der Waals surface area (Å²) in [6.45, 7) is 3.88. The average Bonchev–Trinajstić information content (AvgIpc) is 2.69. The van der Waals surface area contributed by atoms with Gasteiger partial charge in [0.1, 0.15) is 17.3 Å². The second-order valence-electron chi connectivity index (χ2n) is 6.40. The van der Waals surface area contributed by atoms with Crippen LogP contribution >= 0.6 is 0 Å². The van der Waals surface area contributed by atoms with E-state index >= 15 is 0 Å². The smallest absolute Gasteiger partial charge is 0.251 e. The van der Waals surface area contributed by atoms with Crippen LogP contribution in [0.1, 0.15) is 24.2 Å². The fourth-order valence-corrected chi connectivity index (χ4v) is 4.01. The van der Waals surface area contributed by atoms with Gasteiger partial charge >= 0.3 is 0 Å². The zero-order valence-corrected chi connectivity index (χ0v) is 17.7. The van der Waals surface area contributed by atoms with Gasteiger partial charge in [-0.25, -0.2) is 13.1 Å². The first-order valence-electron chi connectivity index (χ1n) is 9.03. The molecule has 0 aliphatic heterocycles. The van der Waals surface area contributed by atoms with Crippen molar-refractivity contribution in [2.75, 3.05) is 27.4 Å². The minimum absolute atomic E-state index is 0.0911. The lowest BCUT2D eigenvalue weighted by Gasteiger charge is -2.14. The van der Waals surface area contributed by atoms with Crippen LogP contribution in [0.15, 0.2) is 47.4 Å². The van der Waals surface area contributed by atoms with Crippen molar-refractivity contribution in [2.24, 2.45) is 0 Å². The van der Waals surface area contributed by atoms with E-state index in [0.29, 0.717) is 11.5 Å². The molecule has 0 spiro atoms. The van der Waals surface area contributed by atoms with Crippen molar-refractivity contribution >= 4 is 15.9 Å². The highest BCUT2D eigenvalue weighted by Crippen LogP contribution is 2.26. The second kappa shape index (κ2) is 10.1. The molecule has 8 nitrogen and oxygen atoms in total. The molecule has 0 aliphatic rings. The van der Waals surface area contributed by atoms with E-state index in [2.05, 4.69) is 10.0 Å². The summed E-state index contributed by atoms with van der Waals surface area (Å²) in [6.07, 6.45) is 0. The molecule has 0 atom stereocenters. The molecule has 2 N–H and O–H groups in total. The molecule has 0 aliphatic carbocycles. The fourth-order valence-electron chi connectivity index (χ4n) is 2.57. The molecular weight excluding hydrogens is 396 g/mol. The van der Waals surface area contributed by atoms with Crippen LogP contribution in [0.2, 0.25) is 0 Å². The lowest BCUT2D eigenvalue weighted by molar-refractivity contribution is 0.0946. The summed E-state index contributed by atoms with van der Waals surface area (Å²) in [5.74, 6) is 0.912. The van der Waals surface area contributed by atoms with Crippen LogP contribution in [0.3, 0.4) is 0 Å². The first kappa shape index (κ1) is 22.5. The van der Waals surface area contributed by atoms with Gasteiger partial charge in [0.2, 0.25) is 10.0 Å². The molecule has 0 saturated carbocycles. The topological polar surface area (TPSA) is 103 Å². The molecule has 0 bridgehead atoms. The number of nitrogens with one attached hydrogen (secondary N) is 2. The number of hydrogen-bond donors (Lipinski definition) is 2. The maximum absolute atomic E-state index is 12.5. The van der Waals surface area contributed by atoms with Crippen LogP contribution < -0.4 is 24.2 Å². The van der Waals surface area contributed by atoms with Crippen LogP contribution in [0, 0.1) is 0 Å². The summed E-state index contributed by atoms with van der Waals surface area (Å²) in [7, 11) is -0.898. The molecule has 0 unspecified atom stereocenters. The van der Waals surface area contributed by atoms with Gasteiger partial charge in [-0.05, 0) is 44.2 Å². The van der Waals surface area contributed by atoms with E-state index in [4.69, 9.17) is 14.2 Å². The molecule has 1 amide bonds. The van der Waals surface area contributed by atoms with E-state index < -0.39 is 15.9 Å². The Kier molecular flexibility index (Phi) is 7.86. The van der Waals surface area contributed by atoms with Crippen LogP contribution in [0.4, 0.5) is 0 Å². The van der Waals surface area contributed by atoms with Crippen molar-refractivity contribution in [3.8, 4) is 17.2 Å². The third-order valence-electron chi connectivity index (χ3n) is 3.82. The number of benzene rings is 2. The maximum atomic E-state index is 12.5. The zero-order chi connectivity index (χ0) is 21.4. The highest BCUT2D eigenvalue weighted by atomic mass is 32.2. The number of amides is 1.